The van der Waals surface area contributed by atoms with Crippen LogP contribution in [0.25, 0.3) is 0 Å². The molecule has 0 saturated heterocycles. The number of carboxylic acids is 1. The highest BCUT2D eigenvalue weighted by Crippen LogP contribution is 2.23. The van der Waals surface area contributed by atoms with E-state index in [2.05, 4.69) is 5.32 Å². The monoisotopic (exact) mass is 284 g/mol. The summed E-state index contributed by atoms with van der Waals surface area (Å²) in [7, 11) is 0. The fourth-order valence-electron chi connectivity index (χ4n) is 1.66. The molecule has 1 amide bonds. The van der Waals surface area contributed by atoms with Gasteiger partial charge in [0.2, 0.25) is 5.91 Å². The summed E-state index contributed by atoms with van der Waals surface area (Å²) in [6.07, 6.45) is 1.91. The van der Waals surface area contributed by atoms with Crippen molar-refractivity contribution in [1.29, 1.82) is 0 Å². The van der Waals surface area contributed by atoms with Gasteiger partial charge in [-0.25, -0.2) is 4.79 Å². The van der Waals surface area contributed by atoms with Gasteiger partial charge in [-0.15, -0.1) is 0 Å². The Bertz CT molecular complexity index is 477. The summed E-state index contributed by atoms with van der Waals surface area (Å²) >= 11 is 5.91. The number of rotatable bonds is 6. The quantitative estimate of drug-likeness (QED) is 0.748. The molecule has 0 fully saturated rings. The number of hydrogen-bond acceptors (Lipinski definition) is 3. The molecule has 1 rings (SSSR count). The van der Waals surface area contributed by atoms with E-state index in [1.807, 2.05) is 6.92 Å². The van der Waals surface area contributed by atoms with Crippen LogP contribution >= 0.6 is 11.6 Å². The van der Waals surface area contributed by atoms with Gasteiger partial charge in [0.15, 0.2) is 0 Å². The molecular formula is C13H17ClN2O3. The van der Waals surface area contributed by atoms with Gasteiger partial charge in [0.25, 0.3) is 0 Å². The Hall–Kier alpha value is -1.59. The largest absolute Gasteiger partial charge is 0.478 e. The predicted molar refractivity (Wildman–Crippen MR) is 74.5 cm³/mol. The third-order valence-electron chi connectivity index (χ3n) is 2.60. The fraction of sp³-hybridized carbons (Fsp3) is 0.385. The summed E-state index contributed by atoms with van der Waals surface area (Å²) in [6.45, 7) is 2.00. The van der Waals surface area contributed by atoms with Crippen molar-refractivity contribution in [2.45, 2.75) is 32.2 Å². The van der Waals surface area contributed by atoms with Gasteiger partial charge in [-0.1, -0.05) is 24.9 Å². The zero-order valence-corrected chi connectivity index (χ0v) is 11.4. The van der Waals surface area contributed by atoms with Crippen molar-refractivity contribution < 1.29 is 14.7 Å². The van der Waals surface area contributed by atoms with Crippen LogP contribution in [0.4, 0.5) is 5.69 Å². The number of anilines is 1. The molecule has 0 aliphatic heterocycles. The van der Waals surface area contributed by atoms with E-state index in [9.17, 15) is 9.59 Å². The summed E-state index contributed by atoms with van der Waals surface area (Å²) < 4.78 is 0. The van der Waals surface area contributed by atoms with E-state index in [1.165, 1.54) is 18.2 Å². The smallest absolute Gasteiger partial charge is 0.335 e. The molecule has 0 spiro atoms. The van der Waals surface area contributed by atoms with Crippen LogP contribution in [-0.2, 0) is 4.79 Å². The van der Waals surface area contributed by atoms with Crippen molar-refractivity contribution in [3.05, 3.63) is 28.8 Å². The SMILES string of the molecule is CCCC(N)CC(=O)Nc1ccc(C(=O)O)cc1Cl. The second-order valence-corrected chi connectivity index (χ2v) is 4.71. The third kappa shape index (κ3) is 4.89. The Kier molecular flexibility index (Phi) is 5.79. The van der Waals surface area contributed by atoms with Crippen LogP contribution in [-0.4, -0.2) is 23.0 Å². The van der Waals surface area contributed by atoms with E-state index >= 15 is 0 Å². The number of hydrogen-bond donors (Lipinski definition) is 3. The lowest BCUT2D eigenvalue weighted by Gasteiger charge is -2.11. The van der Waals surface area contributed by atoms with Crippen LogP contribution in [0.15, 0.2) is 18.2 Å². The Morgan fingerprint density at radius 2 is 2.16 bits per heavy atom. The Labute approximate surface area is 116 Å². The number of benzene rings is 1. The molecule has 1 unspecified atom stereocenters. The molecule has 6 heteroatoms. The Balaban J connectivity index is 2.67. The number of amides is 1. The molecule has 5 nitrogen and oxygen atoms in total. The zero-order chi connectivity index (χ0) is 14.4. The third-order valence-corrected chi connectivity index (χ3v) is 2.91. The van der Waals surface area contributed by atoms with Crippen LogP contribution in [0.3, 0.4) is 0 Å². The lowest BCUT2D eigenvalue weighted by Crippen LogP contribution is -2.26. The molecule has 104 valence electrons. The summed E-state index contributed by atoms with van der Waals surface area (Å²) in [5.74, 6) is -1.30. The zero-order valence-electron chi connectivity index (χ0n) is 10.6. The van der Waals surface area contributed by atoms with Crippen LogP contribution in [0.1, 0.15) is 36.5 Å². The van der Waals surface area contributed by atoms with Gasteiger partial charge in [-0.2, -0.15) is 0 Å². The minimum atomic E-state index is -1.07. The van der Waals surface area contributed by atoms with Gasteiger partial charge in [0.05, 0.1) is 16.3 Å². The number of aromatic carboxylic acids is 1. The van der Waals surface area contributed by atoms with Crippen molar-refractivity contribution in [1.82, 2.24) is 0 Å². The minimum Gasteiger partial charge on any atom is -0.478 e. The molecule has 4 N–H and O–H groups in total. The fourth-order valence-corrected chi connectivity index (χ4v) is 1.89. The molecule has 1 aromatic carbocycles. The molecule has 0 aromatic heterocycles. The highest BCUT2D eigenvalue weighted by molar-refractivity contribution is 6.34. The van der Waals surface area contributed by atoms with Crippen LogP contribution < -0.4 is 11.1 Å². The maximum atomic E-state index is 11.7. The van der Waals surface area contributed by atoms with Crippen molar-refractivity contribution >= 4 is 29.2 Å². The van der Waals surface area contributed by atoms with Gasteiger partial charge in [-0.3, -0.25) is 4.79 Å². The van der Waals surface area contributed by atoms with Crippen molar-refractivity contribution in [3.8, 4) is 0 Å². The summed E-state index contributed by atoms with van der Waals surface area (Å²) in [4.78, 5) is 22.4. The molecule has 0 radical (unpaired) electrons. The normalized spacial score (nSPS) is 11.9. The average Bonchev–Trinajstić information content (AvgIpc) is 2.31. The van der Waals surface area contributed by atoms with Gasteiger partial charge in [0, 0.05) is 12.5 Å². The van der Waals surface area contributed by atoms with Crippen LogP contribution in [0, 0.1) is 0 Å². The van der Waals surface area contributed by atoms with Gasteiger partial charge in [-0.05, 0) is 24.6 Å². The number of halogens is 1. The lowest BCUT2D eigenvalue weighted by molar-refractivity contribution is -0.116. The van der Waals surface area contributed by atoms with Gasteiger partial charge >= 0.3 is 5.97 Å². The molecular weight excluding hydrogens is 268 g/mol. The van der Waals surface area contributed by atoms with Crippen LogP contribution in [0.2, 0.25) is 5.02 Å². The summed E-state index contributed by atoms with van der Waals surface area (Å²) in [6, 6.07) is 3.97. The van der Waals surface area contributed by atoms with Crippen molar-refractivity contribution in [2.24, 2.45) is 5.73 Å². The van der Waals surface area contributed by atoms with E-state index in [0.29, 0.717) is 5.69 Å². The molecule has 0 aliphatic carbocycles. The summed E-state index contributed by atoms with van der Waals surface area (Å²) in [5.41, 5.74) is 6.23. The van der Waals surface area contributed by atoms with E-state index in [-0.39, 0.29) is 29.0 Å². The number of nitrogens with one attached hydrogen (secondary N) is 1. The van der Waals surface area contributed by atoms with E-state index < -0.39 is 5.97 Å². The van der Waals surface area contributed by atoms with E-state index in [4.69, 9.17) is 22.4 Å². The molecule has 0 bridgehead atoms. The molecule has 0 aliphatic rings. The second kappa shape index (κ2) is 7.11. The number of carbonyl (C=O) groups is 2. The molecule has 1 atom stereocenters. The topological polar surface area (TPSA) is 92.4 Å². The molecule has 0 heterocycles. The first-order valence-electron chi connectivity index (χ1n) is 6.02. The lowest BCUT2D eigenvalue weighted by atomic mass is 10.1. The Morgan fingerprint density at radius 3 is 2.68 bits per heavy atom. The van der Waals surface area contributed by atoms with Crippen molar-refractivity contribution in [3.63, 3.8) is 0 Å². The Morgan fingerprint density at radius 1 is 1.47 bits per heavy atom. The first-order chi connectivity index (χ1) is 8.93. The molecule has 0 saturated carbocycles. The summed E-state index contributed by atoms with van der Waals surface area (Å²) in [5, 5.41) is 11.6. The average molecular weight is 285 g/mol. The number of carboxylic acid groups (broad SMARTS) is 1. The first-order valence-corrected chi connectivity index (χ1v) is 6.40. The highest BCUT2D eigenvalue weighted by Gasteiger charge is 2.12. The molecule has 19 heavy (non-hydrogen) atoms. The predicted octanol–water partition coefficient (Wildman–Crippen LogP) is 2.49. The minimum absolute atomic E-state index is 0.0747. The maximum absolute atomic E-state index is 11.7. The van der Waals surface area contributed by atoms with E-state index in [1.54, 1.807) is 0 Å². The molecule has 1 aromatic rings. The first kappa shape index (κ1) is 15.5. The highest BCUT2D eigenvalue weighted by atomic mass is 35.5. The van der Waals surface area contributed by atoms with E-state index in [0.717, 1.165) is 12.8 Å². The van der Waals surface area contributed by atoms with Crippen LogP contribution in [0.5, 0.6) is 0 Å². The maximum Gasteiger partial charge on any atom is 0.335 e. The van der Waals surface area contributed by atoms with Gasteiger partial charge in [0.1, 0.15) is 0 Å². The number of carbonyl (C=O) groups excluding carboxylic acids is 1. The standard InChI is InChI=1S/C13H17ClN2O3/c1-2-3-9(15)7-12(17)16-11-5-4-8(13(18)19)6-10(11)14/h4-6,9H,2-3,7,15H2,1H3,(H,16,17)(H,18,19). The van der Waals surface area contributed by atoms with Crippen molar-refractivity contribution in [2.75, 3.05) is 5.32 Å². The van der Waals surface area contributed by atoms with Gasteiger partial charge < -0.3 is 16.2 Å². The number of nitrogens with two attached hydrogens (primary N) is 1. The second-order valence-electron chi connectivity index (χ2n) is 4.30.